The second-order valence-corrected chi connectivity index (χ2v) is 6.47. The summed E-state index contributed by atoms with van der Waals surface area (Å²) < 4.78 is 26.9. The quantitative estimate of drug-likeness (QED) is 0.743. The lowest BCUT2D eigenvalue weighted by Crippen LogP contribution is -2.39. The molecule has 1 atom stereocenters. The highest BCUT2D eigenvalue weighted by molar-refractivity contribution is 5.84. The molecule has 1 rings (SSSR count). The van der Waals surface area contributed by atoms with Gasteiger partial charge in [0.25, 0.3) is 0 Å². The van der Waals surface area contributed by atoms with Crippen LogP contribution >= 0.6 is 0 Å². The van der Waals surface area contributed by atoms with E-state index in [0.29, 0.717) is 0 Å². The van der Waals surface area contributed by atoms with Gasteiger partial charge in [-0.25, -0.2) is 8.78 Å². The molecule has 5 nitrogen and oxygen atoms in total. The molecule has 0 aliphatic rings. The average Bonchev–Trinajstić information content (AvgIpc) is 2.41. The molecule has 0 aromatic heterocycles. The Bertz CT molecular complexity index is 551. The summed E-state index contributed by atoms with van der Waals surface area (Å²) in [5.41, 5.74) is -0.691. The van der Waals surface area contributed by atoms with Gasteiger partial charge >= 0.3 is 0 Å². The van der Waals surface area contributed by atoms with E-state index in [9.17, 15) is 23.5 Å². The lowest BCUT2D eigenvalue weighted by atomic mass is 9.92. The van der Waals surface area contributed by atoms with Crippen LogP contribution in [0, 0.1) is 17.0 Å². The molecular formula is C16H22F2N2O3. The number of aliphatic hydroxyl groups excluding tert-OH is 1. The topological polar surface area (TPSA) is 78.4 Å². The monoisotopic (exact) mass is 328 g/mol. The summed E-state index contributed by atoms with van der Waals surface area (Å²) in [6.07, 6.45) is -1.24. The van der Waals surface area contributed by atoms with Crippen LogP contribution < -0.4 is 10.6 Å². The maximum absolute atomic E-state index is 13.5. The molecule has 0 radical (unpaired) electrons. The molecule has 1 aromatic rings. The van der Waals surface area contributed by atoms with E-state index in [1.54, 1.807) is 0 Å². The van der Waals surface area contributed by atoms with Crippen molar-refractivity contribution in [2.75, 3.05) is 13.1 Å². The van der Waals surface area contributed by atoms with Crippen LogP contribution in [0.2, 0.25) is 0 Å². The van der Waals surface area contributed by atoms with Crippen LogP contribution in [0.25, 0.3) is 0 Å². The molecular weight excluding hydrogens is 306 g/mol. The van der Waals surface area contributed by atoms with Crippen molar-refractivity contribution < 1.29 is 23.5 Å². The zero-order valence-corrected chi connectivity index (χ0v) is 13.5. The summed E-state index contributed by atoms with van der Waals surface area (Å²) >= 11 is 0. The molecule has 0 aliphatic heterocycles. The van der Waals surface area contributed by atoms with Gasteiger partial charge in [-0.3, -0.25) is 9.59 Å². The number of benzene rings is 1. The van der Waals surface area contributed by atoms with E-state index < -0.39 is 29.2 Å². The summed E-state index contributed by atoms with van der Waals surface area (Å²) in [6, 6.07) is 3.23. The summed E-state index contributed by atoms with van der Waals surface area (Å²) in [5.74, 6) is -2.59. The first-order valence-corrected chi connectivity index (χ1v) is 7.25. The maximum atomic E-state index is 13.5. The highest BCUT2D eigenvalue weighted by Crippen LogP contribution is 2.20. The molecule has 0 aliphatic carbocycles. The molecule has 0 spiro atoms. The van der Waals surface area contributed by atoms with Crippen molar-refractivity contribution in [3.05, 3.63) is 35.4 Å². The minimum absolute atomic E-state index is 0.195. The smallest absolute Gasteiger partial charge is 0.239 e. The van der Waals surface area contributed by atoms with E-state index in [0.717, 1.165) is 12.1 Å². The first-order valence-electron chi connectivity index (χ1n) is 7.25. The molecule has 0 fully saturated rings. The van der Waals surface area contributed by atoms with Crippen molar-refractivity contribution >= 4 is 11.8 Å². The van der Waals surface area contributed by atoms with E-state index in [1.165, 1.54) is 6.07 Å². The van der Waals surface area contributed by atoms with Crippen LogP contribution in [-0.2, 0) is 9.59 Å². The van der Waals surface area contributed by atoms with E-state index in [2.05, 4.69) is 10.6 Å². The van der Waals surface area contributed by atoms with Crippen LogP contribution in [0.1, 0.15) is 38.9 Å². The van der Waals surface area contributed by atoms with Crippen molar-refractivity contribution in [1.29, 1.82) is 0 Å². The highest BCUT2D eigenvalue weighted by Gasteiger charge is 2.19. The van der Waals surface area contributed by atoms with E-state index >= 15 is 0 Å². The number of hydrogen-bond donors (Lipinski definition) is 3. The fourth-order valence-corrected chi connectivity index (χ4v) is 1.93. The van der Waals surface area contributed by atoms with Crippen LogP contribution in [0.15, 0.2) is 18.2 Å². The average molecular weight is 328 g/mol. The Morgan fingerprint density at radius 2 is 1.70 bits per heavy atom. The third-order valence-electron chi connectivity index (χ3n) is 2.96. The molecule has 3 N–H and O–H groups in total. The fourth-order valence-electron chi connectivity index (χ4n) is 1.93. The number of halogens is 2. The minimum atomic E-state index is -1.51. The number of amides is 2. The van der Waals surface area contributed by atoms with Gasteiger partial charge in [-0.05, 0) is 17.5 Å². The Balaban J connectivity index is 2.43. The normalized spacial score (nSPS) is 12.6. The van der Waals surface area contributed by atoms with Gasteiger partial charge in [0.1, 0.15) is 17.7 Å². The third kappa shape index (κ3) is 6.73. The molecule has 0 saturated heterocycles. The molecule has 1 unspecified atom stereocenters. The summed E-state index contributed by atoms with van der Waals surface area (Å²) in [7, 11) is 0. The zero-order valence-electron chi connectivity index (χ0n) is 13.5. The lowest BCUT2D eigenvalue weighted by molar-refractivity contribution is -0.127. The molecule has 7 heteroatoms. The predicted octanol–water partition coefficient (Wildman–Crippen LogP) is 1.67. The Hall–Kier alpha value is -2.02. The van der Waals surface area contributed by atoms with E-state index in [1.807, 2.05) is 20.8 Å². The van der Waals surface area contributed by atoms with Crippen LogP contribution in [0.4, 0.5) is 8.78 Å². The Morgan fingerprint density at radius 3 is 2.22 bits per heavy atom. The predicted molar refractivity (Wildman–Crippen MR) is 81.4 cm³/mol. The Labute approximate surface area is 134 Å². The minimum Gasteiger partial charge on any atom is -0.386 e. The fraction of sp³-hybridized carbons (Fsp3) is 0.500. The number of carbonyl (C=O) groups is 2. The van der Waals surface area contributed by atoms with E-state index in [-0.39, 0.29) is 30.8 Å². The molecule has 23 heavy (non-hydrogen) atoms. The van der Waals surface area contributed by atoms with Gasteiger partial charge in [-0.15, -0.1) is 0 Å². The molecule has 0 heterocycles. The van der Waals surface area contributed by atoms with Crippen molar-refractivity contribution in [1.82, 2.24) is 10.6 Å². The van der Waals surface area contributed by atoms with Crippen molar-refractivity contribution in [2.24, 2.45) is 5.41 Å². The van der Waals surface area contributed by atoms with Gasteiger partial charge in [0.2, 0.25) is 11.8 Å². The second-order valence-electron chi connectivity index (χ2n) is 6.47. The SMILES string of the molecule is CC(C)(C)CC(=O)NCC(=O)NCC(O)c1c(F)cccc1F. The number of hydrogen-bond acceptors (Lipinski definition) is 3. The molecule has 128 valence electrons. The summed E-state index contributed by atoms with van der Waals surface area (Å²) in [5, 5.41) is 14.5. The first-order chi connectivity index (χ1) is 10.6. The third-order valence-corrected chi connectivity index (χ3v) is 2.96. The second kappa shape index (κ2) is 8.01. The number of aliphatic hydroxyl groups is 1. The first kappa shape index (κ1) is 19.0. The van der Waals surface area contributed by atoms with Crippen LogP contribution in [0.3, 0.4) is 0 Å². The summed E-state index contributed by atoms with van der Waals surface area (Å²) in [4.78, 5) is 23.2. The van der Waals surface area contributed by atoms with Crippen molar-refractivity contribution in [3.8, 4) is 0 Å². The van der Waals surface area contributed by atoms with Gasteiger partial charge in [0, 0.05) is 13.0 Å². The zero-order chi connectivity index (χ0) is 17.6. The van der Waals surface area contributed by atoms with Gasteiger partial charge in [0.15, 0.2) is 0 Å². The summed E-state index contributed by atoms with van der Waals surface area (Å²) in [6.45, 7) is 5.07. The Kier molecular flexibility index (Phi) is 6.62. The number of carbonyl (C=O) groups excluding carboxylic acids is 2. The largest absolute Gasteiger partial charge is 0.386 e. The number of rotatable bonds is 6. The molecule has 1 aromatic carbocycles. The van der Waals surface area contributed by atoms with Crippen LogP contribution in [0.5, 0.6) is 0 Å². The Morgan fingerprint density at radius 1 is 1.13 bits per heavy atom. The van der Waals surface area contributed by atoms with Crippen molar-refractivity contribution in [2.45, 2.75) is 33.3 Å². The number of nitrogens with one attached hydrogen (secondary N) is 2. The lowest BCUT2D eigenvalue weighted by Gasteiger charge is -2.17. The standard InChI is InChI=1S/C16H22F2N2O3/c1-16(2,3)7-13(22)20-9-14(23)19-8-12(21)15-10(17)5-4-6-11(15)18/h4-6,12,21H,7-9H2,1-3H3,(H,19,23)(H,20,22). The maximum Gasteiger partial charge on any atom is 0.239 e. The van der Waals surface area contributed by atoms with Gasteiger partial charge in [0.05, 0.1) is 12.1 Å². The van der Waals surface area contributed by atoms with Gasteiger partial charge < -0.3 is 15.7 Å². The van der Waals surface area contributed by atoms with Crippen LogP contribution in [-0.4, -0.2) is 30.0 Å². The van der Waals surface area contributed by atoms with Gasteiger partial charge in [-0.1, -0.05) is 26.8 Å². The van der Waals surface area contributed by atoms with E-state index in [4.69, 9.17) is 0 Å². The van der Waals surface area contributed by atoms with Gasteiger partial charge in [-0.2, -0.15) is 0 Å². The van der Waals surface area contributed by atoms with Crippen molar-refractivity contribution in [3.63, 3.8) is 0 Å². The highest BCUT2D eigenvalue weighted by atomic mass is 19.1. The molecule has 0 saturated carbocycles. The molecule has 0 bridgehead atoms. The molecule has 2 amide bonds.